The van der Waals surface area contributed by atoms with Gasteiger partial charge in [-0.1, -0.05) is 0 Å². The molecule has 6 heteroatoms. The first-order valence-electron chi connectivity index (χ1n) is 2.76. The van der Waals surface area contributed by atoms with E-state index in [9.17, 15) is 13.2 Å². The van der Waals surface area contributed by atoms with Gasteiger partial charge in [-0.05, 0) is 6.42 Å². The lowest BCUT2D eigenvalue weighted by Crippen LogP contribution is -2.51. The van der Waals surface area contributed by atoms with Gasteiger partial charge in [0.2, 0.25) is 10.9 Å². The highest BCUT2D eigenvalue weighted by Crippen LogP contribution is 2.16. The number of hydrogen-bond donors (Lipinski definition) is 2. The summed E-state index contributed by atoms with van der Waals surface area (Å²) in [6.07, 6.45) is 0.429. The minimum absolute atomic E-state index is 0.343. The Bertz CT molecular complexity index is 215. The van der Waals surface area contributed by atoms with E-state index in [-0.39, 0.29) is 0 Å². The molecule has 0 aromatic carbocycles. The van der Waals surface area contributed by atoms with Crippen molar-refractivity contribution in [3.63, 3.8) is 0 Å². The predicted octanol–water partition coefficient (Wildman–Crippen LogP) is -1.33. The Balaban J connectivity index is 2.59. The van der Waals surface area contributed by atoms with Crippen LogP contribution in [0, 0.1) is 0 Å². The lowest BCUT2D eigenvalue weighted by molar-refractivity contribution is -0.144. The standard InChI is InChI=1S/C4H7NO4S/c6-4(7)3-1-2-5(3)10(8)9/h3,10H,1-2H2,(H,6,7). The summed E-state index contributed by atoms with van der Waals surface area (Å²) < 4.78 is 21.3. The predicted molar refractivity (Wildman–Crippen MR) is 33.1 cm³/mol. The average Bonchev–Trinajstić information content (AvgIpc) is 1.56. The summed E-state index contributed by atoms with van der Waals surface area (Å²) in [5, 5.41) is 8.34. The molecule has 0 aromatic rings. The highest BCUT2D eigenvalue weighted by atomic mass is 32.2. The van der Waals surface area contributed by atoms with Gasteiger partial charge in [0.15, 0.2) is 0 Å². The van der Waals surface area contributed by atoms with Crippen LogP contribution in [0.15, 0.2) is 0 Å². The second-order valence-electron chi connectivity index (χ2n) is 2.04. The first-order valence-corrected chi connectivity index (χ1v) is 3.89. The number of carbonyl (C=O) groups is 1. The van der Waals surface area contributed by atoms with Gasteiger partial charge in [0, 0.05) is 6.54 Å². The van der Waals surface area contributed by atoms with Crippen LogP contribution in [0.2, 0.25) is 0 Å². The van der Waals surface area contributed by atoms with Crippen molar-refractivity contribution in [1.29, 1.82) is 0 Å². The minimum atomic E-state index is -2.69. The molecule has 0 spiro atoms. The van der Waals surface area contributed by atoms with Crippen molar-refractivity contribution >= 4 is 16.9 Å². The molecule has 1 aliphatic rings. The van der Waals surface area contributed by atoms with Crippen LogP contribution >= 0.6 is 0 Å². The molecule has 5 nitrogen and oxygen atoms in total. The highest BCUT2D eigenvalue weighted by Gasteiger charge is 2.35. The third kappa shape index (κ3) is 1.12. The molecule has 10 heavy (non-hydrogen) atoms. The first kappa shape index (κ1) is 7.49. The fourth-order valence-electron chi connectivity index (χ4n) is 0.820. The molecular weight excluding hydrogens is 158 g/mol. The summed E-state index contributed by atoms with van der Waals surface area (Å²) in [6, 6.07) is -0.805. The van der Waals surface area contributed by atoms with Crippen LogP contribution in [0.3, 0.4) is 0 Å². The van der Waals surface area contributed by atoms with Crippen molar-refractivity contribution in [3.8, 4) is 0 Å². The molecule has 1 unspecified atom stereocenters. The zero-order chi connectivity index (χ0) is 7.72. The Morgan fingerprint density at radius 1 is 1.60 bits per heavy atom. The zero-order valence-electron chi connectivity index (χ0n) is 5.06. The molecule has 1 atom stereocenters. The fourth-order valence-corrected chi connectivity index (χ4v) is 1.54. The van der Waals surface area contributed by atoms with Gasteiger partial charge >= 0.3 is 5.97 Å². The average molecular weight is 165 g/mol. The maximum atomic E-state index is 10.2. The van der Waals surface area contributed by atoms with Crippen LogP contribution in [-0.4, -0.2) is 36.4 Å². The zero-order valence-corrected chi connectivity index (χ0v) is 5.95. The summed E-state index contributed by atoms with van der Waals surface area (Å²) in [5.41, 5.74) is 0. The minimum Gasteiger partial charge on any atom is -0.480 e. The van der Waals surface area contributed by atoms with Crippen molar-refractivity contribution in [3.05, 3.63) is 0 Å². The van der Waals surface area contributed by atoms with Crippen LogP contribution in [0.5, 0.6) is 0 Å². The van der Waals surface area contributed by atoms with E-state index in [2.05, 4.69) is 0 Å². The number of nitrogens with zero attached hydrogens (tertiary/aromatic N) is 1. The molecular formula is C4H7NO4S. The van der Waals surface area contributed by atoms with E-state index in [1.807, 2.05) is 0 Å². The summed E-state index contributed by atoms with van der Waals surface area (Å²) >= 11 is 0. The van der Waals surface area contributed by atoms with E-state index in [0.717, 1.165) is 4.31 Å². The number of carboxylic acids is 1. The molecule has 1 N–H and O–H groups in total. The number of aliphatic carboxylic acids is 1. The topological polar surface area (TPSA) is 74.7 Å². The van der Waals surface area contributed by atoms with Crippen LogP contribution in [-0.2, 0) is 15.7 Å². The van der Waals surface area contributed by atoms with E-state index in [4.69, 9.17) is 5.11 Å². The Hall–Kier alpha value is -0.620. The van der Waals surface area contributed by atoms with E-state index in [0.29, 0.717) is 13.0 Å². The smallest absolute Gasteiger partial charge is 0.322 e. The Morgan fingerprint density at radius 3 is 2.30 bits per heavy atom. The summed E-state index contributed by atoms with van der Waals surface area (Å²) in [4.78, 5) is 10.2. The van der Waals surface area contributed by atoms with Crippen molar-refractivity contribution in [2.24, 2.45) is 0 Å². The maximum absolute atomic E-state index is 10.2. The second kappa shape index (κ2) is 2.55. The van der Waals surface area contributed by atoms with E-state index < -0.39 is 22.9 Å². The monoisotopic (exact) mass is 165 g/mol. The Kier molecular flexibility index (Phi) is 1.91. The fraction of sp³-hybridized carbons (Fsp3) is 0.750. The van der Waals surface area contributed by atoms with Crippen molar-refractivity contribution in [2.45, 2.75) is 12.5 Å². The van der Waals surface area contributed by atoms with Gasteiger partial charge in [0.05, 0.1) is 0 Å². The Labute approximate surface area is 59.3 Å². The van der Waals surface area contributed by atoms with Gasteiger partial charge in [-0.3, -0.25) is 4.79 Å². The van der Waals surface area contributed by atoms with Gasteiger partial charge in [-0.2, -0.15) is 4.31 Å². The summed E-state index contributed by atoms with van der Waals surface area (Å²) in [7, 11) is -2.69. The normalized spacial score (nSPS) is 26.3. The number of thiol groups is 1. The SMILES string of the molecule is O=C(O)C1CCN1[SH](=O)=O. The molecule has 1 aliphatic heterocycles. The van der Waals surface area contributed by atoms with Crippen molar-refractivity contribution in [2.75, 3.05) is 6.54 Å². The molecule has 0 amide bonds. The molecule has 1 fully saturated rings. The largest absolute Gasteiger partial charge is 0.480 e. The van der Waals surface area contributed by atoms with Crippen LogP contribution in [0.4, 0.5) is 0 Å². The van der Waals surface area contributed by atoms with Crippen LogP contribution < -0.4 is 0 Å². The molecule has 1 rings (SSSR count). The lowest BCUT2D eigenvalue weighted by atomic mass is 10.1. The highest BCUT2D eigenvalue weighted by molar-refractivity contribution is 7.70. The van der Waals surface area contributed by atoms with Crippen molar-refractivity contribution < 1.29 is 18.3 Å². The van der Waals surface area contributed by atoms with Gasteiger partial charge < -0.3 is 5.11 Å². The molecule has 0 aromatic heterocycles. The summed E-state index contributed by atoms with van der Waals surface area (Å²) in [6.45, 7) is 0.343. The second-order valence-corrected chi connectivity index (χ2v) is 3.03. The molecule has 1 heterocycles. The molecule has 0 radical (unpaired) electrons. The van der Waals surface area contributed by atoms with Gasteiger partial charge in [0.1, 0.15) is 6.04 Å². The molecule has 0 aliphatic carbocycles. The van der Waals surface area contributed by atoms with E-state index in [1.165, 1.54) is 0 Å². The third-order valence-electron chi connectivity index (χ3n) is 1.49. The van der Waals surface area contributed by atoms with Gasteiger partial charge in [-0.15, -0.1) is 0 Å². The quantitative estimate of drug-likeness (QED) is 0.497. The third-order valence-corrected chi connectivity index (χ3v) is 2.38. The molecule has 58 valence electrons. The lowest BCUT2D eigenvalue weighted by Gasteiger charge is -2.31. The number of carboxylic acid groups (broad SMARTS) is 1. The van der Waals surface area contributed by atoms with E-state index in [1.54, 1.807) is 0 Å². The van der Waals surface area contributed by atoms with E-state index >= 15 is 0 Å². The Morgan fingerprint density at radius 2 is 2.20 bits per heavy atom. The maximum Gasteiger partial charge on any atom is 0.322 e. The molecule has 1 saturated heterocycles. The van der Waals surface area contributed by atoms with Gasteiger partial charge in [0.25, 0.3) is 0 Å². The molecule has 0 bridgehead atoms. The first-order chi connectivity index (χ1) is 4.63. The summed E-state index contributed by atoms with van der Waals surface area (Å²) in [5.74, 6) is -1.06. The number of rotatable bonds is 2. The number of hydrogen-bond acceptors (Lipinski definition) is 3. The molecule has 0 saturated carbocycles. The van der Waals surface area contributed by atoms with Gasteiger partial charge in [-0.25, -0.2) is 8.42 Å². The van der Waals surface area contributed by atoms with Crippen LogP contribution in [0.1, 0.15) is 6.42 Å². The van der Waals surface area contributed by atoms with Crippen LogP contribution in [0.25, 0.3) is 0 Å². The van der Waals surface area contributed by atoms with Crippen molar-refractivity contribution in [1.82, 2.24) is 4.31 Å².